The Bertz CT molecular complexity index is 402. The summed E-state index contributed by atoms with van der Waals surface area (Å²) in [4.78, 5) is 23.1. The molecule has 1 amide bonds. The predicted octanol–water partition coefficient (Wildman–Crippen LogP) is 0.765. The minimum atomic E-state index is -0.477. The summed E-state index contributed by atoms with van der Waals surface area (Å²) in [5.74, 6) is -0.268. The van der Waals surface area contributed by atoms with Crippen molar-refractivity contribution in [2.75, 3.05) is 6.54 Å². The molecule has 0 aliphatic carbocycles. The summed E-state index contributed by atoms with van der Waals surface area (Å²) in [6.45, 7) is 5.42. The molecule has 16 heavy (non-hydrogen) atoms. The summed E-state index contributed by atoms with van der Waals surface area (Å²) >= 11 is 0. The van der Waals surface area contributed by atoms with Gasteiger partial charge in [-0.15, -0.1) is 0 Å². The molecule has 0 aliphatic rings. The van der Waals surface area contributed by atoms with Crippen LogP contribution in [-0.4, -0.2) is 28.0 Å². The molecule has 1 aromatic heterocycles. The first-order chi connectivity index (χ1) is 7.30. The topological polar surface area (TPSA) is 64.0 Å². The number of nitrogens with one attached hydrogen (secondary N) is 1. The van der Waals surface area contributed by atoms with E-state index >= 15 is 0 Å². The van der Waals surface area contributed by atoms with Crippen molar-refractivity contribution in [1.29, 1.82) is 0 Å². The molecule has 1 rings (SSSR count). The second-order valence-corrected chi connectivity index (χ2v) is 4.76. The number of Topliss-reactive ketones (excluding diaryl/α,β-unsaturated/α-hetero) is 1. The fraction of sp³-hybridized carbons (Fsp3) is 0.545. The Morgan fingerprint density at radius 3 is 2.50 bits per heavy atom. The number of carbonyl (C=O) groups is 2. The molecule has 88 valence electrons. The number of rotatable bonds is 3. The van der Waals surface area contributed by atoms with Gasteiger partial charge in [-0.2, -0.15) is 5.10 Å². The molecule has 1 aromatic rings. The fourth-order valence-electron chi connectivity index (χ4n) is 1.09. The third-order valence-electron chi connectivity index (χ3n) is 2.12. The van der Waals surface area contributed by atoms with E-state index in [4.69, 9.17) is 0 Å². The van der Waals surface area contributed by atoms with Gasteiger partial charge in [-0.1, -0.05) is 20.8 Å². The molecule has 0 aliphatic heterocycles. The lowest BCUT2D eigenvalue weighted by molar-refractivity contribution is -0.128. The van der Waals surface area contributed by atoms with Gasteiger partial charge in [-0.3, -0.25) is 14.3 Å². The smallest absolute Gasteiger partial charge is 0.225 e. The molecule has 0 saturated carbocycles. The number of ketones is 1. The molecular formula is C11H17N3O2. The predicted molar refractivity (Wildman–Crippen MR) is 60.0 cm³/mol. The van der Waals surface area contributed by atoms with Crippen molar-refractivity contribution >= 4 is 11.7 Å². The zero-order chi connectivity index (χ0) is 12.3. The van der Waals surface area contributed by atoms with Crippen LogP contribution in [0.1, 0.15) is 31.1 Å². The Kier molecular flexibility index (Phi) is 3.47. The zero-order valence-corrected chi connectivity index (χ0v) is 10.1. The van der Waals surface area contributed by atoms with E-state index in [-0.39, 0.29) is 18.2 Å². The Morgan fingerprint density at radius 2 is 2.06 bits per heavy atom. The van der Waals surface area contributed by atoms with Gasteiger partial charge in [0.25, 0.3) is 0 Å². The molecule has 0 bridgehead atoms. The molecule has 1 heterocycles. The quantitative estimate of drug-likeness (QED) is 0.770. The van der Waals surface area contributed by atoms with E-state index in [1.54, 1.807) is 38.7 Å². The monoisotopic (exact) mass is 223 g/mol. The Labute approximate surface area is 94.8 Å². The highest BCUT2D eigenvalue weighted by atomic mass is 16.2. The number of aryl methyl sites for hydroxylation is 1. The Morgan fingerprint density at radius 1 is 1.44 bits per heavy atom. The minimum Gasteiger partial charge on any atom is -0.348 e. The van der Waals surface area contributed by atoms with E-state index in [0.29, 0.717) is 5.56 Å². The molecule has 1 N–H and O–H groups in total. The van der Waals surface area contributed by atoms with Gasteiger partial charge in [0, 0.05) is 18.7 Å². The maximum Gasteiger partial charge on any atom is 0.225 e. The van der Waals surface area contributed by atoms with Gasteiger partial charge in [-0.05, 0) is 0 Å². The molecule has 5 heteroatoms. The van der Waals surface area contributed by atoms with Crippen molar-refractivity contribution in [1.82, 2.24) is 15.1 Å². The van der Waals surface area contributed by atoms with Crippen molar-refractivity contribution in [2.24, 2.45) is 12.5 Å². The molecule has 0 radical (unpaired) electrons. The first kappa shape index (κ1) is 12.4. The van der Waals surface area contributed by atoms with Gasteiger partial charge in [0.15, 0.2) is 5.78 Å². The maximum atomic E-state index is 11.6. The third kappa shape index (κ3) is 3.18. The molecule has 0 unspecified atom stereocenters. The Hall–Kier alpha value is -1.65. The second-order valence-electron chi connectivity index (χ2n) is 4.76. The van der Waals surface area contributed by atoms with Crippen LogP contribution < -0.4 is 5.32 Å². The molecule has 0 aromatic carbocycles. The Balaban J connectivity index is 2.51. The van der Waals surface area contributed by atoms with Crippen LogP contribution in [0.15, 0.2) is 12.4 Å². The molecule has 5 nitrogen and oxygen atoms in total. The van der Waals surface area contributed by atoms with Crippen LogP contribution in [0.3, 0.4) is 0 Å². The van der Waals surface area contributed by atoms with Crippen molar-refractivity contribution in [3.05, 3.63) is 18.0 Å². The van der Waals surface area contributed by atoms with E-state index < -0.39 is 5.41 Å². The highest BCUT2D eigenvalue weighted by molar-refractivity contribution is 5.99. The van der Waals surface area contributed by atoms with Crippen molar-refractivity contribution in [3.8, 4) is 0 Å². The van der Waals surface area contributed by atoms with Crippen LogP contribution in [0.5, 0.6) is 0 Å². The summed E-state index contributed by atoms with van der Waals surface area (Å²) in [7, 11) is 1.74. The average Bonchev–Trinajstić information content (AvgIpc) is 2.59. The van der Waals surface area contributed by atoms with E-state index in [2.05, 4.69) is 10.4 Å². The van der Waals surface area contributed by atoms with Gasteiger partial charge >= 0.3 is 0 Å². The van der Waals surface area contributed by atoms with E-state index in [9.17, 15) is 9.59 Å². The number of hydrogen-bond donors (Lipinski definition) is 1. The summed E-state index contributed by atoms with van der Waals surface area (Å²) in [5, 5.41) is 6.50. The normalized spacial score (nSPS) is 11.2. The van der Waals surface area contributed by atoms with Crippen LogP contribution in [0.2, 0.25) is 0 Å². The molecule has 0 saturated heterocycles. The van der Waals surface area contributed by atoms with Gasteiger partial charge in [0.05, 0.1) is 18.3 Å². The standard InChI is InChI=1S/C11H17N3O2/c1-11(2,3)10(16)12-6-9(15)8-5-13-14(4)7-8/h5,7H,6H2,1-4H3,(H,12,16). The number of carbonyl (C=O) groups excluding carboxylic acids is 2. The zero-order valence-electron chi connectivity index (χ0n) is 10.1. The third-order valence-corrected chi connectivity index (χ3v) is 2.12. The molecule has 0 fully saturated rings. The maximum absolute atomic E-state index is 11.6. The summed E-state index contributed by atoms with van der Waals surface area (Å²) in [5.41, 5.74) is 0.0339. The lowest BCUT2D eigenvalue weighted by atomic mass is 9.95. The first-order valence-electron chi connectivity index (χ1n) is 5.11. The summed E-state index contributed by atoms with van der Waals surface area (Å²) in [6.07, 6.45) is 3.12. The number of hydrogen-bond acceptors (Lipinski definition) is 3. The van der Waals surface area contributed by atoms with E-state index in [1.807, 2.05) is 0 Å². The molecule has 0 atom stereocenters. The lowest BCUT2D eigenvalue weighted by Crippen LogP contribution is -2.37. The van der Waals surface area contributed by atoms with Gasteiger partial charge in [0.1, 0.15) is 0 Å². The van der Waals surface area contributed by atoms with Crippen molar-refractivity contribution in [3.63, 3.8) is 0 Å². The highest BCUT2D eigenvalue weighted by Crippen LogP contribution is 2.12. The summed E-state index contributed by atoms with van der Waals surface area (Å²) in [6, 6.07) is 0. The van der Waals surface area contributed by atoms with Gasteiger partial charge in [-0.25, -0.2) is 0 Å². The first-order valence-corrected chi connectivity index (χ1v) is 5.11. The van der Waals surface area contributed by atoms with Crippen LogP contribution in [-0.2, 0) is 11.8 Å². The minimum absolute atomic E-state index is 0.0157. The SMILES string of the molecule is Cn1cc(C(=O)CNC(=O)C(C)(C)C)cn1. The summed E-state index contributed by atoms with van der Waals surface area (Å²) < 4.78 is 1.55. The van der Waals surface area contributed by atoms with Crippen LogP contribution in [0.4, 0.5) is 0 Å². The van der Waals surface area contributed by atoms with Crippen molar-refractivity contribution < 1.29 is 9.59 Å². The van der Waals surface area contributed by atoms with E-state index in [1.165, 1.54) is 6.20 Å². The van der Waals surface area contributed by atoms with E-state index in [0.717, 1.165) is 0 Å². The van der Waals surface area contributed by atoms with Gasteiger partial charge < -0.3 is 5.32 Å². The highest BCUT2D eigenvalue weighted by Gasteiger charge is 2.21. The largest absolute Gasteiger partial charge is 0.348 e. The average molecular weight is 223 g/mol. The van der Waals surface area contributed by atoms with Crippen molar-refractivity contribution in [2.45, 2.75) is 20.8 Å². The molecule has 0 spiro atoms. The number of nitrogens with zero attached hydrogens (tertiary/aromatic N) is 2. The van der Waals surface area contributed by atoms with Crippen LogP contribution in [0.25, 0.3) is 0 Å². The van der Waals surface area contributed by atoms with Gasteiger partial charge in [0.2, 0.25) is 5.91 Å². The van der Waals surface area contributed by atoms with Crippen LogP contribution >= 0.6 is 0 Å². The number of aromatic nitrogens is 2. The number of amides is 1. The molecular weight excluding hydrogens is 206 g/mol. The van der Waals surface area contributed by atoms with Crippen LogP contribution in [0, 0.1) is 5.41 Å². The fourth-order valence-corrected chi connectivity index (χ4v) is 1.09. The lowest BCUT2D eigenvalue weighted by Gasteiger charge is -2.16. The second kappa shape index (κ2) is 4.47.